The molecule has 0 bridgehead atoms. The molecule has 0 aliphatic carbocycles. The predicted octanol–water partition coefficient (Wildman–Crippen LogP) is 4.56. The van der Waals surface area contributed by atoms with Crippen molar-refractivity contribution < 1.29 is 46.4 Å². The first-order valence-corrected chi connectivity index (χ1v) is 14.7. The third-order valence-corrected chi connectivity index (χ3v) is 6.49. The zero-order chi connectivity index (χ0) is 31.4. The van der Waals surface area contributed by atoms with Crippen LogP contribution in [0.2, 0.25) is 0 Å². The van der Waals surface area contributed by atoms with Gasteiger partial charge in [0.2, 0.25) is 0 Å². The molecular formula is C31H34O10S. The summed E-state index contributed by atoms with van der Waals surface area (Å²) in [7, 11) is -4.03. The number of ether oxygens (including phenoxy) is 2. The number of carbonyl (C=O) groups is 4. The topological polar surface area (TPSA) is 150 Å². The van der Waals surface area contributed by atoms with Gasteiger partial charge >= 0.3 is 17.9 Å². The van der Waals surface area contributed by atoms with Gasteiger partial charge in [0.15, 0.2) is 0 Å². The molecule has 0 radical (unpaired) electrons. The van der Waals surface area contributed by atoms with Gasteiger partial charge in [0.1, 0.15) is 25.1 Å². The van der Waals surface area contributed by atoms with E-state index in [9.17, 15) is 27.6 Å². The molecule has 0 amide bonds. The van der Waals surface area contributed by atoms with E-state index in [1.165, 1.54) is 6.92 Å². The first kappa shape index (κ1) is 33.9. The summed E-state index contributed by atoms with van der Waals surface area (Å²) in [6.07, 6.45) is -1.42. The van der Waals surface area contributed by atoms with E-state index in [-0.39, 0.29) is 11.1 Å². The average molecular weight is 599 g/mol. The van der Waals surface area contributed by atoms with Gasteiger partial charge in [-0.3, -0.25) is 4.18 Å². The molecule has 3 atom stereocenters. The molecule has 3 aromatic rings. The maximum absolute atomic E-state index is 12.6. The molecule has 0 aromatic heterocycles. The number of carboxylic acids is 1. The van der Waals surface area contributed by atoms with E-state index in [0.29, 0.717) is 11.8 Å². The van der Waals surface area contributed by atoms with Crippen LogP contribution >= 0.6 is 0 Å². The largest absolute Gasteiger partial charge is 0.478 e. The van der Waals surface area contributed by atoms with Crippen LogP contribution in [0, 0.1) is 26.7 Å². The van der Waals surface area contributed by atoms with Gasteiger partial charge in [0, 0.05) is 0 Å². The van der Waals surface area contributed by atoms with Crippen LogP contribution in [0.4, 0.5) is 0 Å². The lowest BCUT2D eigenvalue weighted by Gasteiger charge is -2.28. The van der Waals surface area contributed by atoms with E-state index >= 15 is 0 Å². The summed E-state index contributed by atoms with van der Waals surface area (Å²) in [6.45, 7) is 6.53. The zero-order valence-corrected chi connectivity index (χ0v) is 24.8. The lowest BCUT2D eigenvalue weighted by atomic mass is 10.0. The molecule has 0 aliphatic rings. The molecule has 3 rings (SSSR count). The second-order valence-electron chi connectivity index (χ2n) is 9.71. The molecule has 224 valence electrons. The molecule has 0 saturated heterocycles. The monoisotopic (exact) mass is 598 g/mol. The van der Waals surface area contributed by atoms with Crippen molar-refractivity contribution in [1.82, 2.24) is 0 Å². The molecule has 3 aromatic carbocycles. The van der Waals surface area contributed by atoms with Crippen LogP contribution in [-0.4, -0.2) is 62.8 Å². The first-order chi connectivity index (χ1) is 19.7. The van der Waals surface area contributed by atoms with Crippen LogP contribution in [0.3, 0.4) is 0 Å². The minimum Gasteiger partial charge on any atom is -0.478 e. The fraction of sp³-hybridized carbons (Fsp3) is 0.290. The molecule has 0 unspecified atom stereocenters. The van der Waals surface area contributed by atoms with Crippen molar-refractivity contribution in [3.8, 4) is 0 Å². The van der Waals surface area contributed by atoms with Crippen molar-refractivity contribution >= 4 is 34.3 Å². The normalized spacial score (nSPS) is 13.0. The number of hydrogen-bond acceptors (Lipinski definition) is 9. The lowest BCUT2D eigenvalue weighted by molar-refractivity contribution is -0.117. The predicted molar refractivity (Wildman–Crippen MR) is 155 cm³/mol. The van der Waals surface area contributed by atoms with Crippen LogP contribution in [0.25, 0.3) is 0 Å². The van der Waals surface area contributed by atoms with Gasteiger partial charge in [0.25, 0.3) is 10.1 Å². The summed E-state index contributed by atoms with van der Waals surface area (Å²) in [5.41, 5.74) is 3.76. The van der Waals surface area contributed by atoms with Crippen LogP contribution in [0.5, 0.6) is 0 Å². The Bertz CT molecular complexity index is 1460. The number of hydrogen-bond donors (Lipinski definition) is 1. The van der Waals surface area contributed by atoms with E-state index < -0.39 is 52.8 Å². The number of rotatable bonds is 11. The maximum atomic E-state index is 12.6. The van der Waals surface area contributed by atoms with E-state index in [2.05, 4.69) is 0 Å². The zero-order valence-electron chi connectivity index (χ0n) is 24.0. The molecule has 11 heteroatoms. The van der Waals surface area contributed by atoms with E-state index in [0.717, 1.165) is 22.9 Å². The molecule has 10 nitrogen and oxygen atoms in total. The number of carbonyl (C=O) groups excluding carboxylic acids is 3. The Labute approximate surface area is 245 Å². The van der Waals surface area contributed by atoms with Crippen LogP contribution in [-0.2, 0) is 28.6 Å². The van der Waals surface area contributed by atoms with Gasteiger partial charge in [-0.2, -0.15) is 8.42 Å². The summed E-state index contributed by atoms with van der Waals surface area (Å²) < 4.78 is 39.3. The minimum absolute atomic E-state index is 0.216. The van der Waals surface area contributed by atoms with E-state index in [1.54, 1.807) is 72.8 Å². The number of esters is 2. The Balaban J connectivity index is 0.000000518. The molecule has 0 heterocycles. The van der Waals surface area contributed by atoms with Gasteiger partial charge in [-0.1, -0.05) is 60.0 Å². The Kier molecular flexibility index (Phi) is 12.6. The van der Waals surface area contributed by atoms with Crippen molar-refractivity contribution in [3.05, 3.63) is 106 Å². The summed E-state index contributed by atoms with van der Waals surface area (Å²) in [6, 6.07) is 19.8. The SMILES string of the molecule is Cc1ccc(C(=O)O)cc1.Cc1ccc(C(=O)OC[C@H](OS(C)(=O)=O)[C@H](OC(=O)c2ccc(C)cc2)[C@H](C)C=O)cc1. The van der Waals surface area contributed by atoms with Gasteiger partial charge in [-0.05, 0) is 57.2 Å². The first-order valence-electron chi connectivity index (χ1n) is 12.8. The Hall–Kier alpha value is -4.35. The van der Waals surface area contributed by atoms with Gasteiger partial charge in [-0.25, -0.2) is 14.4 Å². The van der Waals surface area contributed by atoms with Crippen molar-refractivity contribution in [2.24, 2.45) is 5.92 Å². The number of benzene rings is 3. The average Bonchev–Trinajstić information content (AvgIpc) is 2.94. The minimum atomic E-state index is -4.03. The van der Waals surface area contributed by atoms with E-state index in [4.69, 9.17) is 18.8 Å². The standard InChI is InChI=1S/C23H26O8S.C8H8O2/c1-15-5-9-18(10-6-15)22(25)29-14-20(31-32(4,27)28)21(17(3)13-24)30-23(26)19-11-7-16(2)8-12-19;1-6-2-4-7(5-3-6)8(9)10/h5-13,17,20-21H,14H2,1-4H3;2-5H,1H3,(H,9,10)/t17-,20+,21-;/m1./s1. The second-order valence-corrected chi connectivity index (χ2v) is 11.3. The molecular weight excluding hydrogens is 564 g/mol. The quantitative estimate of drug-likeness (QED) is 0.189. The van der Waals surface area contributed by atoms with Crippen LogP contribution in [0.1, 0.15) is 54.7 Å². The highest BCUT2D eigenvalue weighted by Crippen LogP contribution is 2.19. The molecule has 42 heavy (non-hydrogen) atoms. The molecule has 0 saturated carbocycles. The Morgan fingerprint density at radius 3 is 1.55 bits per heavy atom. The summed E-state index contributed by atoms with van der Waals surface area (Å²) in [4.78, 5) is 46.7. The number of aldehydes is 1. The fourth-order valence-electron chi connectivity index (χ4n) is 3.51. The third kappa shape index (κ3) is 11.3. The van der Waals surface area contributed by atoms with E-state index in [1.807, 2.05) is 20.8 Å². The van der Waals surface area contributed by atoms with Crippen LogP contribution < -0.4 is 0 Å². The molecule has 0 spiro atoms. The highest BCUT2D eigenvalue weighted by atomic mass is 32.2. The maximum Gasteiger partial charge on any atom is 0.338 e. The molecule has 1 N–H and O–H groups in total. The third-order valence-electron chi connectivity index (χ3n) is 5.89. The lowest BCUT2D eigenvalue weighted by Crippen LogP contribution is -2.43. The second kappa shape index (κ2) is 15.6. The van der Waals surface area contributed by atoms with Crippen molar-refractivity contribution in [1.29, 1.82) is 0 Å². The van der Waals surface area contributed by atoms with Gasteiger partial charge < -0.3 is 19.4 Å². The Morgan fingerprint density at radius 1 is 0.762 bits per heavy atom. The van der Waals surface area contributed by atoms with Crippen molar-refractivity contribution in [3.63, 3.8) is 0 Å². The summed E-state index contributed by atoms with van der Waals surface area (Å²) in [5, 5.41) is 8.48. The number of carboxylic acid groups (broad SMARTS) is 1. The number of aryl methyl sites for hydroxylation is 3. The summed E-state index contributed by atoms with van der Waals surface area (Å²) >= 11 is 0. The fourth-order valence-corrected chi connectivity index (χ4v) is 4.12. The highest BCUT2D eigenvalue weighted by molar-refractivity contribution is 7.86. The van der Waals surface area contributed by atoms with Gasteiger partial charge in [-0.15, -0.1) is 0 Å². The van der Waals surface area contributed by atoms with Crippen molar-refractivity contribution in [2.45, 2.75) is 39.9 Å². The Morgan fingerprint density at radius 2 is 1.17 bits per heavy atom. The smallest absolute Gasteiger partial charge is 0.338 e. The van der Waals surface area contributed by atoms with Gasteiger partial charge in [0.05, 0.1) is 28.9 Å². The number of aromatic carboxylic acids is 1. The molecule has 0 aliphatic heterocycles. The highest BCUT2D eigenvalue weighted by Gasteiger charge is 2.35. The van der Waals surface area contributed by atoms with Crippen molar-refractivity contribution in [2.75, 3.05) is 12.9 Å². The van der Waals surface area contributed by atoms with Crippen LogP contribution in [0.15, 0.2) is 72.8 Å². The molecule has 0 fully saturated rings. The summed E-state index contributed by atoms with van der Waals surface area (Å²) in [5.74, 6) is -3.29.